The molecule has 2 aromatic rings. The molecular weight excluding hydrogens is 394 g/mol. The highest BCUT2D eigenvalue weighted by Crippen LogP contribution is 2.35. The lowest BCUT2D eigenvalue weighted by molar-refractivity contribution is -0.0293. The number of likely N-dealkylation sites (tertiary alicyclic amines) is 1. The maximum atomic E-state index is 12.4. The fraction of sp³-hybridized carbons (Fsp3) is 0.381. The number of rotatable bonds is 6. The molecule has 1 aliphatic heterocycles. The van der Waals surface area contributed by atoms with Crippen molar-refractivity contribution < 1.29 is 27.6 Å². The predicted molar refractivity (Wildman–Crippen MR) is 108 cm³/mol. The van der Waals surface area contributed by atoms with Crippen molar-refractivity contribution >= 4 is 17.5 Å². The summed E-state index contributed by atoms with van der Waals surface area (Å²) < 4.78 is 31.1. The van der Waals surface area contributed by atoms with Gasteiger partial charge in [-0.25, -0.2) is 4.79 Å². The number of piperidine rings is 1. The summed E-state index contributed by atoms with van der Waals surface area (Å²) in [5, 5.41) is 10.7. The zero-order chi connectivity index (χ0) is 20.8. The van der Waals surface area contributed by atoms with Crippen LogP contribution in [-0.4, -0.2) is 44.1 Å². The normalized spacial score (nSPS) is 21.4. The van der Waals surface area contributed by atoms with Gasteiger partial charge in [0.05, 0.1) is 12.6 Å². The molecule has 0 radical (unpaired) electrons. The molecule has 1 saturated heterocycles. The van der Waals surface area contributed by atoms with Crippen molar-refractivity contribution in [2.24, 2.45) is 5.92 Å². The lowest BCUT2D eigenvalue weighted by Gasteiger charge is -2.38. The Kier molecular flexibility index (Phi) is 7.38. The van der Waals surface area contributed by atoms with E-state index in [1.54, 1.807) is 0 Å². The molecule has 4 atom stereocenters. The molecule has 0 saturated carbocycles. The molecule has 2 N–H and O–H groups in total. The number of β-amino-alcohol motifs (C(OH)–C–C–N with tert-alkyl or cyclic N) is 1. The lowest BCUT2D eigenvalue weighted by Crippen LogP contribution is -2.48. The van der Waals surface area contributed by atoms with Gasteiger partial charge >= 0.3 is 17.5 Å². The summed E-state index contributed by atoms with van der Waals surface area (Å²) in [4.78, 5) is 13.8. The van der Waals surface area contributed by atoms with Gasteiger partial charge in [-0.2, -0.15) is 4.21 Å². The average molecular weight is 419 g/mol. The molecule has 1 heterocycles. The van der Waals surface area contributed by atoms with Gasteiger partial charge in [-0.3, -0.25) is 8.74 Å². The Balaban J connectivity index is 1.63. The fourth-order valence-electron chi connectivity index (χ4n) is 3.50. The summed E-state index contributed by atoms with van der Waals surface area (Å²) in [5.74, 6) is -0.424. The highest BCUT2D eigenvalue weighted by atomic mass is 32.2. The van der Waals surface area contributed by atoms with Crippen LogP contribution in [0.5, 0.6) is 0 Å². The van der Waals surface area contributed by atoms with Crippen molar-refractivity contribution in [3.8, 4) is 0 Å². The van der Waals surface area contributed by atoms with E-state index in [9.17, 15) is 18.7 Å². The van der Waals surface area contributed by atoms with Gasteiger partial charge in [0.2, 0.25) is 0 Å². The first-order valence-corrected chi connectivity index (χ1v) is 10.5. The molecule has 4 unspecified atom stereocenters. The number of ether oxygens (including phenoxy) is 1. The number of hydrogen-bond donors (Lipinski definition) is 2. The topological polar surface area (TPSA) is 96.3 Å². The lowest BCUT2D eigenvalue weighted by atomic mass is 9.85. The number of aryl methyl sites for hydroxylation is 1. The Hall–Kier alpha value is -2.26. The van der Waals surface area contributed by atoms with E-state index in [0.29, 0.717) is 18.5 Å². The van der Waals surface area contributed by atoms with Gasteiger partial charge in [-0.15, -0.1) is 0 Å². The first kappa shape index (κ1) is 21.4. The number of hydrogen-bond acceptors (Lipinski definition) is 5. The maximum absolute atomic E-state index is 12.4. The molecule has 8 heteroatoms. The van der Waals surface area contributed by atoms with E-state index in [2.05, 4.69) is 0 Å². The Morgan fingerprint density at radius 2 is 1.90 bits per heavy atom. The molecule has 29 heavy (non-hydrogen) atoms. The predicted octanol–water partition coefficient (Wildman–Crippen LogP) is 3.21. The third-order valence-electron chi connectivity index (χ3n) is 5.08. The summed E-state index contributed by atoms with van der Waals surface area (Å²) in [6.45, 7) is 2.54. The minimum absolute atomic E-state index is 0.0715. The SMILES string of the molecule is Cc1ccc(C(OS(=O)O)C2CCN(C(=O)OCc3ccccc3)CC2O)cc1. The molecule has 1 aliphatic rings. The van der Waals surface area contributed by atoms with Crippen LogP contribution in [-0.2, 0) is 26.9 Å². The zero-order valence-electron chi connectivity index (χ0n) is 16.1. The smallest absolute Gasteiger partial charge is 0.410 e. The van der Waals surface area contributed by atoms with E-state index in [1.807, 2.05) is 61.5 Å². The second-order valence-corrected chi connectivity index (χ2v) is 7.78. The van der Waals surface area contributed by atoms with E-state index in [-0.39, 0.29) is 13.2 Å². The highest BCUT2D eigenvalue weighted by molar-refractivity contribution is 7.74. The highest BCUT2D eigenvalue weighted by Gasteiger charge is 2.38. The molecule has 0 bridgehead atoms. The van der Waals surface area contributed by atoms with Crippen LogP contribution in [0.1, 0.15) is 29.2 Å². The fourth-order valence-corrected chi connectivity index (χ4v) is 3.93. The van der Waals surface area contributed by atoms with E-state index in [4.69, 9.17) is 8.92 Å². The van der Waals surface area contributed by atoms with Crippen LogP contribution in [0.15, 0.2) is 54.6 Å². The summed E-state index contributed by atoms with van der Waals surface area (Å²) in [5.41, 5.74) is 2.64. The second kappa shape index (κ2) is 9.98. The first-order chi connectivity index (χ1) is 13.9. The minimum atomic E-state index is -2.48. The van der Waals surface area contributed by atoms with E-state index in [1.165, 1.54) is 4.90 Å². The van der Waals surface area contributed by atoms with Crippen molar-refractivity contribution in [1.82, 2.24) is 4.90 Å². The summed E-state index contributed by atoms with van der Waals surface area (Å²) in [6, 6.07) is 16.8. The molecular formula is C21H25NO6S. The van der Waals surface area contributed by atoms with Gasteiger partial charge in [0.1, 0.15) is 12.7 Å². The Bertz CT molecular complexity index is 829. The van der Waals surface area contributed by atoms with Crippen molar-refractivity contribution in [3.63, 3.8) is 0 Å². The van der Waals surface area contributed by atoms with Gasteiger partial charge < -0.3 is 14.7 Å². The molecule has 2 aromatic carbocycles. The van der Waals surface area contributed by atoms with Crippen molar-refractivity contribution in [3.05, 3.63) is 71.3 Å². The molecule has 1 fully saturated rings. The van der Waals surface area contributed by atoms with Gasteiger partial charge in [0.25, 0.3) is 0 Å². The van der Waals surface area contributed by atoms with Crippen LogP contribution < -0.4 is 0 Å². The van der Waals surface area contributed by atoms with E-state index >= 15 is 0 Å². The molecule has 7 nitrogen and oxygen atoms in total. The summed E-state index contributed by atoms with van der Waals surface area (Å²) in [7, 11) is 0. The second-order valence-electron chi connectivity index (χ2n) is 7.15. The zero-order valence-corrected chi connectivity index (χ0v) is 17.0. The van der Waals surface area contributed by atoms with Crippen LogP contribution in [0.25, 0.3) is 0 Å². The average Bonchev–Trinajstić information content (AvgIpc) is 2.72. The molecule has 0 aromatic heterocycles. The van der Waals surface area contributed by atoms with Gasteiger partial charge in [-0.1, -0.05) is 60.2 Å². The molecule has 0 spiro atoms. The molecule has 0 aliphatic carbocycles. The number of carbonyl (C=O) groups is 1. The number of carbonyl (C=O) groups excluding carboxylic acids is 1. The number of benzene rings is 2. The van der Waals surface area contributed by atoms with Crippen molar-refractivity contribution in [1.29, 1.82) is 0 Å². The Labute approximate surface area is 172 Å². The van der Waals surface area contributed by atoms with Crippen LogP contribution in [0.4, 0.5) is 4.79 Å². The molecule has 156 valence electrons. The van der Waals surface area contributed by atoms with Crippen LogP contribution in [0, 0.1) is 12.8 Å². The van der Waals surface area contributed by atoms with Gasteiger partial charge in [0.15, 0.2) is 0 Å². The van der Waals surface area contributed by atoms with Crippen molar-refractivity contribution in [2.75, 3.05) is 13.1 Å². The number of aliphatic hydroxyl groups is 1. The number of nitrogens with zero attached hydrogens (tertiary/aromatic N) is 1. The van der Waals surface area contributed by atoms with E-state index in [0.717, 1.165) is 11.1 Å². The summed E-state index contributed by atoms with van der Waals surface area (Å²) >= 11 is -2.48. The third-order valence-corrected chi connectivity index (χ3v) is 5.45. The van der Waals surface area contributed by atoms with E-state index < -0.39 is 35.6 Å². The standard InChI is InChI=1S/C21H25NO6S/c1-15-7-9-17(10-8-15)20(28-29(25)26)18-11-12-22(13-19(18)23)21(24)27-14-16-5-3-2-4-6-16/h2-10,18-20,23H,11-14H2,1H3,(H,25,26). The quantitative estimate of drug-likeness (QED) is 0.698. The minimum Gasteiger partial charge on any atom is -0.445 e. The maximum Gasteiger partial charge on any atom is 0.410 e. The Morgan fingerprint density at radius 1 is 1.21 bits per heavy atom. The monoisotopic (exact) mass is 419 g/mol. The molecule has 3 rings (SSSR count). The number of aliphatic hydroxyl groups excluding tert-OH is 1. The van der Waals surface area contributed by atoms with Gasteiger partial charge in [-0.05, 0) is 24.5 Å². The van der Waals surface area contributed by atoms with Crippen LogP contribution in [0.2, 0.25) is 0 Å². The van der Waals surface area contributed by atoms with Crippen molar-refractivity contribution in [2.45, 2.75) is 32.2 Å². The largest absolute Gasteiger partial charge is 0.445 e. The third kappa shape index (κ3) is 5.86. The Morgan fingerprint density at radius 3 is 2.52 bits per heavy atom. The number of amides is 1. The van der Waals surface area contributed by atoms with Crippen LogP contribution in [0.3, 0.4) is 0 Å². The first-order valence-electron chi connectivity index (χ1n) is 9.42. The summed E-state index contributed by atoms with van der Waals surface area (Å²) in [6.07, 6.45) is -1.75. The molecule has 1 amide bonds. The van der Waals surface area contributed by atoms with Gasteiger partial charge in [0, 0.05) is 12.5 Å². The van der Waals surface area contributed by atoms with Crippen LogP contribution >= 0.6 is 0 Å².